The fourth-order valence-electron chi connectivity index (χ4n) is 2.23. The first kappa shape index (κ1) is 17.5. The normalized spacial score (nSPS) is 11.7. The second-order valence-corrected chi connectivity index (χ2v) is 6.74. The van der Waals surface area contributed by atoms with Crippen LogP contribution < -0.4 is 5.32 Å². The van der Waals surface area contributed by atoms with E-state index in [1.807, 2.05) is 0 Å². The molecule has 0 saturated heterocycles. The molecule has 0 aliphatic carbocycles. The molecule has 9 heteroatoms. The topological polar surface area (TPSA) is 62.2 Å². The van der Waals surface area contributed by atoms with Gasteiger partial charge in [-0.3, -0.25) is 10.1 Å². The van der Waals surface area contributed by atoms with Crippen molar-refractivity contribution < 1.29 is 23.1 Å². The maximum absolute atomic E-state index is 12.7. The minimum absolute atomic E-state index is 0.0414. The lowest BCUT2D eigenvalue weighted by atomic mass is 10.1. The van der Waals surface area contributed by atoms with Crippen LogP contribution in [0.3, 0.4) is 0 Å². The molecule has 2 aromatic carbocycles. The van der Waals surface area contributed by atoms with E-state index in [1.54, 1.807) is 6.92 Å². The molecule has 4 nitrogen and oxygen atoms in total. The van der Waals surface area contributed by atoms with Crippen LogP contribution in [-0.2, 0) is 6.18 Å². The lowest BCUT2D eigenvalue weighted by Gasteiger charge is -2.07. The Labute approximate surface area is 148 Å². The highest BCUT2D eigenvalue weighted by Gasteiger charge is 2.30. The van der Waals surface area contributed by atoms with Crippen LogP contribution in [0.2, 0.25) is 5.02 Å². The smallest absolute Gasteiger partial charge is 0.416 e. The summed E-state index contributed by atoms with van der Waals surface area (Å²) in [6.45, 7) is 1.59. The Morgan fingerprint density at radius 1 is 1.28 bits per heavy atom. The van der Waals surface area contributed by atoms with E-state index in [4.69, 9.17) is 11.6 Å². The molecule has 25 heavy (non-hydrogen) atoms. The first-order valence-electron chi connectivity index (χ1n) is 6.93. The molecule has 0 atom stereocenters. The molecular weight excluding hydrogens is 377 g/mol. The molecule has 0 fully saturated rings. The van der Waals surface area contributed by atoms with Crippen LogP contribution in [0.1, 0.15) is 21.5 Å². The van der Waals surface area contributed by atoms with Gasteiger partial charge in [0.05, 0.1) is 21.3 Å². The minimum Gasteiger partial charge on any atom is -0.507 e. The van der Waals surface area contributed by atoms with E-state index in [0.717, 1.165) is 23.5 Å². The van der Waals surface area contributed by atoms with E-state index < -0.39 is 17.6 Å². The number of halogens is 4. The lowest BCUT2D eigenvalue weighted by Crippen LogP contribution is -2.12. The number of benzene rings is 2. The number of phenolic OH excluding ortho intramolecular Hbond substituents is 1. The van der Waals surface area contributed by atoms with Gasteiger partial charge in [0.15, 0.2) is 5.13 Å². The summed E-state index contributed by atoms with van der Waals surface area (Å²) in [5, 5.41) is 12.8. The van der Waals surface area contributed by atoms with Crippen LogP contribution in [0.4, 0.5) is 18.3 Å². The maximum Gasteiger partial charge on any atom is 0.416 e. The first-order chi connectivity index (χ1) is 11.6. The zero-order chi connectivity index (χ0) is 18.4. The van der Waals surface area contributed by atoms with Gasteiger partial charge in [0, 0.05) is 5.02 Å². The molecule has 0 aliphatic heterocycles. The van der Waals surface area contributed by atoms with Crippen molar-refractivity contribution in [2.75, 3.05) is 5.32 Å². The summed E-state index contributed by atoms with van der Waals surface area (Å²) < 4.78 is 38.5. The predicted molar refractivity (Wildman–Crippen MR) is 90.4 cm³/mol. The van der Waals surface area contributed by atoms with Crippen LogP contribution >= 0.6 is 22.9 Å². The van der Waals surface area contributed by atoms with Gasteiger partial charge in [-0.15, -0.1) is 0 Å². The van der Waals surface area contributed by atoms with E-state index >= 15 is 0 Å². The van der Waals surface area contributed by atoms with Gasteiger partial charge in [0.25, 0.3) is 5.91 Å². The molecule has 0 saturated carbocycles. The van der Waals surface area contributed by atoms with Crippen molar-refractivity contribution in [1.29, 1.82) is 0 Å². The number of fused-ring (bicyclic) bond motifs is 1. The molecule has 3 rings (SSSR count). The van der Waals surface area contributed by atoms with E-state index in [-0.39, 0.29) is 26.2 Å². The summed E-state index contributed by atoms with van der Waals surface area (Å²) in [5.74, 6) is -0.874. The van der Waals surface area contributed by atoms with Gasteiger partial charge in [-0.05, 0) is 42.8 Å². The van der Waals surface area contributed by atoms with Gasteiger partial charge in [-0.25, -0.2) is 4.98 Å². The number of aromatic nitrogens is 1. The Kier molecular flexibility index (Phi) is 4.34. The highest BCUT2D eigenvalue weighted by Crippen LogP contribution is 2.35. The van der Waals surface area contributed by atoms with E-state index in [1.165, 1.54) is 18.2 Å². The highest BCUT2D eigenvalue weighted by atomic mass is 35.5. The van der Waals surface area contributed by atoms with E-state index in [2.05, 4.69) is 10.3 Å². The number of phenols is 1. The second-order valence-electron chi connectivity index (χ2n) is 5.27. The molecule has 2 N–H and O–H groups in total. The fourth-order valence-corrected chi connectivity index (χ4v) is 3.40. The Balaban J connectivity index is 1.92. The number of hydrogen-bond acceptors (Lipinski definition) is 4. The van der Waals surface area contributed by atoms with Crippen LogP contribution in [0.5, 0.6) is 5.75 Å². The Bertz CT molecular complexity index is 985. The molecule has 0 unspecified atom stereocenters. The van der Waals surface area contributed by atoms with Gasteiger partial charge in [-0.2, -0.15) is 13.2 Å². The van der Waals surface area contributed by atoms with Crippen LogP contribution in [0.15, 0.2) is 30.3 Å². The zero-order valence-electron chi connectivity index (χ0n) is 12.6. The van der Waals surface area contributed by atoms with Gasteiger partial charge in [0.2, 0.25) is 0 Å². The third kappa shape index (κ3) is 3.54. The number of aryl methyl sites for hydroxylation is 1. The summed E-state index contributed by atoms with van der Waals surface area (Å²) >= 11 is 6.79. The number of aromatic hydroxyl groups is 1. The maximum atomic E-state index is 12.7. The average Bonchev–Trinajstić information content (AvgIpc) is 2.91. The van der Waals surface area contributed by atoms with Crippen molar-refractivity contribution in [3.8, 4) is 5.75 Å². The first-order valence-corrected chi connectivity index (χ1v) is 8.13. The number of carbonyl (C=O) groups excluding carboxylic acids is 1. The largest absolute Gasteiger partial charge is 0.507 e. The zero-order valence-corrected chi connectivity index (χ0v) is 14.2. The molecule has 3 aromatic rings. The summed E-state index contributed by atoms with van der Waals surface area (Å²) in [7, 11) is 0. The monoisotopic (exact) mass is 386 g/mol. The van der Waals surface area contributed by atoms with Crippen molar-refractivity contribution in [3.05, 3.63) is 52.0 Å². The number of thiazole rings is 1. The summed E-state index contributed by atoms with van der Waals surface area (Å²) in [4.78, 5) is 16.4. The summed E-state index contributed by atoms with van der Waals surface area (Å²) in [6.07, 6.45) is -4.45. The molecule has 0 spiro atoms. The highest BCUT2D eigenvalue weighted by molar-refractivity contribution is 7.22. The average molecular weight is 387 g/mol. The number of nitrogens with zero attached hydrogens (tertiary/aromatic N) is 1. The van der Waals surface area contributed by atoms with Crippen molar-refractivity contribution in [3.63, 3.8) is 0 Å². The van der Waals surface area contributed by atoms with Crippen LogP contribution in [-0.4, -0.2) is 16.0 Å². The van der Waals surface area contributed by atoms with E-state index in [0.29, 0.717) is 11.1 Å². The number of amides is 1. The molecule has 1 heterocycles. The number of anilines is 1. The SMILES string of the molecule is Cc1cc(Cl)cc(C(=O)Nc2nc3ccc(C(F)(F)F)cc3s2)c1O. The Morgan fingerprint density at radius 3 is 2.68 bits per heavy atom. The lowest BCUT2D eigenvalue weighted by molar-refractivity contribution is -0.137. The van der Waals surface area contributed by atoms with Crippen molar-refractivity contribution in [2.24, 2.45) is 0 Å². The third-order valence-corrected chi connectivity index (χ3v) is 4.60. The number of hydrogen-bond donors (Lipinski definition) is 2. The van der Waals surface area contributed by atoms with Gasteiger partial charge in [0.1, 0.15) is 5.75 Å². The molecular formula is C16H10ClF3N2O2S. The Hall–Kier alpha value is -2.32. The number of carbonyl (C=O) groups is 1. The van der Waals surface area contributed by atoms with E-state index in [9.17, 15) is 23.1 Å². The molecule has 1 amide bonds. The molecule has 0 radical (unpaired) electrons. The molecule has 0 aliphatic rings. The van der Waals surface area contributed by atoms with Crippen LogP contribution in [0.25, 0.3) is 10.2 Å². The van der Waals surface area contributed by atoms with Gasteiger partial charge < -0.3 is 5.11 Å². The third-order valence-electron chi connectivity index (χ3n) is 3.45. The standard InChI is InChI=1S/C16H10ClF3N2O2S/c1-7-4-9(17)6-10(13(7)23)14(24)22-15-21-11-3-2-8(16(18,19)20)5-12(11)25-15/h2-6,23H,1H3,(H,21,22,24). The van der Waals surface area contributed by atoms with Gasteiger partial charge >= 0.3 is 6.18 Å². The summed E-state index contributed by atoms with van der Waals surface area (Å²) in [5.41, 5.74) is -0.0681. The van der Waals surface area contributed by atoms with Crippen molar-refractivity contribution in [1.82, 2.24) is 4.98 Å². The second kappa shape index (κ2) is 6.20. The molecule has 130 valence electrons. The van der Waals surface area contributed by atoms with Crippen LogP contribution in [0, 0.1) is 6.92 Å². The van der Waals surface area contributed by atoms with Gasteiger partial charge in [-0.1, -0.05) is 22.9 Å². The quantitative estimate of drug-likeness (QED) is 0.633. The number of alkyl halides is 3. The summed E-state index contributed by atoms with van der Waals surface area (Å²) in [6, 6.07) is 5.95. The minimum atomic E-state index is -4.45. The Morgan fingerprint density at radius 2 is 2.00 bits per heavy atom. The van der Waals surface area contributed by atoms with Crippen molar-refractivity contribution in [2.45, 2.75) is 13.1 Å². The predicted octanol–water partition coefficient (Wildman–Crippen LogP) is 5.23. The number of nitrogens with one attached hydrogen (secondary N) is 1. The number of rotatable bonds is 2. The molecule has 0 bridgehead atoms. The fraction of sp³-hybridized carbons (Fsp3) is 0.125. The van der Waals surface area contributed by atoms with Crippen molar-refractivity contribution >= 4 is 44.2 Å². The molecule has 1 aromatic heterocycles.